The standard InChI is InChI=1S/C35H48O6S2/c1-2-3-4-5-6-7-8-9-10-11-12-13-14-18-29-42(36,37)41-33-23-27-35(28-24-33)43(38,39)34-25-21-32(22-26-34)40-30-31-19-16-15-17-20-31/h15-17,19-28H,2-14,18,29-30H2,1H3. The molecule has 0 spiro atoms. The molecule has 0 heterocycles. The minimum absolute atomic E-state index is 0.0518. The summed E-state index contributed by atoms with van der Waals surface area (Å²) in [5.74, 6) is 0.619. The predicted molar refractivity (Wildman–Crippen MR) is 174 cm³/mol. The Kier molecular flexibility index (Phi) is 15.1. The quantitative estimate of drug-likeness (QED) is 0.0814. The van der Waals surface area contributed by atoms with Crippen molar-refractivity contribution in [2.24, 2.45) is 0 Å². The molecule has 236 valence electrons. The zero-order valence-corrected chi connectivity index (χ0v) is 27.2. The Hall–Kier alpha value is -2.84. The third-order valence-electron chi connectivity index (χ3n) is 7.49. The summed E-state index contributed by atoms with van der Waals surface area (Å²) in [7, 11) is -7.53. The van der Waals surface area contributed by atoms with E-state index in [1.807, 2.05) is 30.3 Å². The molecule has 3 rings (SSSR count). The summed E-state index contributed by atoms with van der Waals surface area (Å²) in [6.07, 6.45) is 16.8. The fourth-order valence-corrected chi connectivity index (χ4v) is 7.23. The smallest absolute Gasteiger partial charge is 0.309 e. The Morgan fingerprint density at radius 1 is 0.512 bits per heavy atom. The molecule has 8 heteroatoms. The van der Waals surface area contributed by atoms with Crippen LogP contribution in [-0.4, -0.2) is 22.6 Å². The summed E-state index contributed by atoms with van der Waals surface area (Å²) in [5, 5.41) is 0. The van der Waals surface area contributed by atoms with Gasteiger partial charge in [-0.3, -0.25) is 0 Å². The second kappa shape index (κ2) is 18.7. The molecule has 0 aliphatic rings. The average molecular weight is 629 g/mol. The molecule has 3 aromatic carbocycles. The van der Waals surface area contributed by atoms with E-state index in [4.69, 9.17) is 8.92 Å². The first kappa shape index (κ1) is 34.6. The second-order valence-corrected chi connectivity index (χ2v) is 14.8. The van der Waals surface area contributed by atoms with Crippen LogP contribution in [-0.2, 0) is 26.6 Å². The van der Waals surface area contributed by atoms with E-state index in [1.54, 1.807) is 12.1 Å². The SMILES string of the molecule is CCCCCCCCCCCCCCCCS(=O)(=O)Oc1ccc(S(=O)(=O)c2ccc(OCc3ccccc3)cc2)cc1. The molecule has 0 aliphatic carbocycles. The Morgan fingerprint density at radius 2 is 0.953 bits per heavy atom. The highest BCUT2D eigenvalue weighted by Gasteiger charge is 2.19. The molecule has 0 unspecified atom stereocenters. The summed E-state index contributed by atoms with van der Waals surface area (Å²) >= 11 is 0. The molecule has 0 saturated heterocycles. The van der Waals surface area contributed by atoms with Crippen LogP contribution < -0.4 is 8.92 Å². The van der Waals surface area contributed by atoms with Crippen molar-refractivity contribution < 1.29 is 25.8 Å². The molecule has 3 aromatic rings. The number of sulfone groups is 1. The van der Waals surface area contributed by atoms with Gasteiger partial charge in [0.15, 0.2) is 0 Å². The predicted octanol–water partition coefficient (Wildman–Crippen LogP) is 9.29. The van der Waals surface area contributed by atoms with Crippen LogP contribution in [0, 0.1) is 0 Å². The highest BCUT2D eigenvalue weighted by Crippen LogP contribution is 2.26. The first-order valence-electron chi connectivity index (χ1n) is 15.8. The molecule has 0 fully saturated rings. The Bertz CT molecular complexity index is 1380. The lowest BCUT2D eigenvalue weighted by Crippen LogP contribution is -2.14. The van der Waals surface area contributed by atoms with E-state index >= 15 is 0 Å². The summed E-state index contributed by atoms with van der Waals surface area (Å²) in [6, 6.07) is 21.5. The highest BCUT2D eigenvalue weighted by molar-refractivity contribution is 7.91. The molecule has 0 amide bonds. The van der Waals surface area contributed by atoms with E-state index in [2.05, 4.69) is 6.92 Å². The van der Waals surface area contributed by atoms with Crippen molar-refractivity contribution in [2.75, 3.05) is 5.75 Å². The van der Waals surface area contributed by atoms with E-state index in [0.717, 1.165) is 24.8 Å². The third-order valence-corrected chi connectivity index (χ3v) is 10.5. The zero-order valence-electron chi connectivity index (χ0n) is 25.6. The van der Waals surface area contributed by atoms with E-state index < -0.39 is 20.0 Å². The normalized spacial score (nSPS) is 11.8. The average Bonchev–Trinajstić information content (AvgIpc) is 3.01. The Morgan fingerprint density at radius 3 is 1.44 bits per heavy atom. The van der Waals surface area contributed by atoms with Gasteiger partial charge in [0, 0.05) is 0 Å². The van der Waals surface area contributed by atoms with Crippen molar-refractivity contribution >= 4 is 20.0 Å². The van der Waals surface area contributed by atoms with Crippen LogP contribution in [0.3, 0.4) is 0 Å². The summed E-state index contributed by atoms with van der Waals surface area (Å²) in [6.45, 7) is 2.63. The Labute approximate surface area is 259 Å². The molecule has 43 heavy (non-hydrogen) atoms. The van der Waals surface area contributed by atoms with Gasteiger partial charge in [-0.15, -0.1) is 0 Å². The van der Waals surface area contributed by atoms with Gasteiger partial charge in [0.25, 0.3) is 0 Å². The fourth-order valence-electron chi connectivity index (χ4n) is 4.93. The van der Waals surface area contributed by atoms with E-state index in [0.29, 0.717) is 18.8 Å². The molecule has 0 bridgehead atoms. The van der Waals surface area contributed by atoms with Gasteiger partial charge in [0.1, 0.15) is 18.1 Å². The van der Waals surface area contributed by atoms with Crippen molar-refractivity contribution in [1.29, 1.82) is 0 Å². The maximum Gasteiger partial charge on any atom is 0.309 e. The van der Waals surface area contributed by atoms with Gasteiger partial charge in [-0.2, -0.15) is 8.42 Å². The van der Waals surface area contributed by atoms with Crippen LogP contribution in [0.25, 0.3) is 0 Å². The maximum atomic E-state index is 13.1. The van der Waals surface area contributed by atoms with Gasteiger partial charge >= 0.3 is 10.1 Å². The fraction of sp³-hybridized carbons (Fsp3) is 0.486. The van der Waals surface area contributed by atoms with Crippen molar-refractivity contribution in [3.05, 3.63) is 84.4 Å². The lowest BCUT2D eigenvalue weighted by atomic mass is 10.0. The lowest BCUT2D eigenvalue weighted by Gasteiger charge is -2.10. The minimum atomic E-state index is -3.78. The molecule has 0 aliphatic heterocycles. The molecular weight excluding hydrogens is 581 g/mol. The first-order chi connectivity index (χ1) is 20.8. The number of benzene rings is 3. The van der Waals surface area contributed by atoms with Gasteiger partial charge in [-0.05, 0) is 60.5 Å². The number of hydrogen-bond acceptors (Lipinski definition) is 6. The molecule has 0 N–H and O–H groups in total. The molecule has 6 nitrogen and oxygen atoms in total. The van der Waals surface area contributed by atoms with Crippen LogP contribution in [0.4, 0.5) is 0 Å². The largest absolute Gasteiger partial charge is 0.489 e. The van der Waals surface area contributed by atoms with Crippen molar-refractivity contribution in [3.63, 3.8) is 0 Å². The van der Waals surface area contributed by atoms with Crippen LogP contribution >= 0.6 is 0 Å². The van der Waals surface area contributed by atoms with Gasteiger partial charge in [-0.25, -0.2) is 8.42 Å². The molecule has 0 radical (unpaired) electrons. The summed E-state index contributed by atoms with van der Waals surface area (Å²) < 4.78 is 62.0. The summed E-state index contributed by atoms with van der Waals surface area (Å²) in [4.78, 5) is 0.181. The van der Waals surface area contributed by atoms with Gasteiger partial charge in [-0.1, -0.05) is 121 Å². The van der Waals surface area contributed by atoms with Crippen molar-refractivity contribution in [3.8, 4) is 11.5 Å². The lowest BCUT2D eigenvalue weighted by molar-refractivity contribution is 0.306. The van der Waals surface area contributed by atoms with E-state index in [9.17, 15) is 16.8 Å². The third kappa shape index (κ3) is 13.1. The molecule has 0 aromatic heterocycles. The van der Waals surface area contributed by atoms with E-state index in [-0.39, 0.29) is 21.3 Å². The second-order valence-electron chi connectivity index (χ2n) is 11.2. The first-order valence-corrected chi connectivity index (χ1v) is 18.9. The number of ether oxygens (including phenoxy) is 1. The molecule has 0 saturated carbocycles. The number of hydrogen-bond donors (Lipinski definition) is 0. The van der Waals surface area contributed by atoms with Gasteiger partial charge < -0.3 is 8.92 Å². The van der Waals surface area contributed by atoms with Crippen LogP contribution in [0.2, 0.25) is 0 Å². The van der Waals surface area contributed by atoms with Crippen molar-refractivity contribution in [2.45, 2.75) is 113 Å². The molecule has 0 atom stereocenters. The molecular formula is C35H48O6S2. The maximum absolute atomic E-state index is 13.1. The highest BCUT2D eigenvalue weighted by atomic mass is 32.2. The van der Waals surface area contributed by atoms with Crippen LogP contribution in [0.1, 0.15) is 102 Å². The van der Waals surface area contributed by atoms with Crippen LogP contribution in [0.15, 0.2) is 88.7 Å². The topological polar surface area (TPSA) is 86.7 Å². The summed E-state index contributed by atoms with van der Waals surface area (Å²) in [5.41, 5.74) is 1.02. The van der Waals surface area contributed by atoms with E-state index in [1.165, 1.54) is 101 Å². The monoisotopic (exact) mass is 628 g/mol. The van der Waals surface area contributed by atoms with Gasteiger partial charge in [0.2, 0.25) is 9.84 Å². The Balaban J connectivity index is 1.34. The van der Waals surface area contributed by atoms with Gasteiger partial charge in [0.05, 0.1) is 15.5 Å². The zero-order chi connectivity index (χ0) is 30.8. The number of unbranched alkanes of at least 4 members (excludes halogenated alkanes) is 13. The minimum Gasteiger partial charge on any atom is -0.489 e. The van der Waals surface area contributed by atoms with Crippen LogP contribution in [0.5, 0.6) is 11.5 Å². The number of rotatable bonds is 22. The van der Waals surface area contributed by atoms with Crippen molar-refractivity contribution in [1.82, 2.24) is 0 Å².